The van der Waals surface area contributed by atoms with Crippen molar-refractivity contribution in [2.45, 2.75) is 28.7 Å². The van der Waals surface area contributed by atoms with E-state index < -0.39 is 0 Å². The third kappa shape index (κ3) is 5.84. The quantitative estimate of drug-likeness (QED) is 0.750. The van der Waals surface area contributed by atoms with E-state index in [2.05, 4.69) is 4.42 Å². The van der Waals surface area contributed by atoms with Gasteiger partial charge in [-0.25, -0.2) is 0 Å². The SMILES string of the molecule is C.C.CC(=O)c1ccco1.CC(=O)c1ccoc1. The Hall–Kier alpha value is -2.10. The van der Waals surface area contributed by atoms with Crippen LogP contribution in [0.2, 0.25) is 0 Å². The molecule has 0 amide bonds. The third-order valence-corrected chi connectivity index (χ3v) is 1.80. The van der Waals surface area contributed by atoms with Gasteiger partial charge in [0.2, 0.25) is 0 Å². The molecule has 0 N–H and O–H groups in total. The minimum atomic E-state index is -0.0324. The molecule has 0 spiro atoms. The van der Waals surface area contributed by atoms with Crippen molar-refractivity contribution < 1.29 is 18.4 Å². The van der Waals surface area contributed by atoms with E-state index in [4.69, 9.17) is 4.42 Å². The van der Waals surface area contributed by atoms with Crippen molar-refractivity contribution in [2.75, 3.05) is 0 Å². The monoisotopic (exact) mass is 252 g/mol. The summed E-state index contributed by atoms with van der Waals surface area (Å²) in [5, 5.41) is 0. The van der Waals surface area contributed by atoms with E-state index in [0.717, 1.165) is 0 Å². The molecule has 2 aromatic rings. The summed E-state index contributed by atoms with van der Waals surface area (Å²) in [4.78, 5) is 20.9. The number of hydrogen-bond acceptors (Lipinski definition) is 4. The molecule has 0 radical (unpaired) electrons. The first-order valence-corrected chi connectivity index (χ1v) is 4.69. The van der Waals surface area contributed by atoms with Crippen molar-refractivity contribution in [1.29, 1.82) is 0 Å². The smallest absolute Gasteiger partial charge is 0.194 e. The predicted octanol–water partition coefficient (Wildman–Crippen LogP) is 4.24. The first-order chi connectivity index (χ1) is 7.61. The van der Waals surface area contributed by atoms with Crippen molar-refractivity contribution in [1.82, 2.24) is 0 Å². The lowest BCUT2D eigenvalue weighted by molar-refractivity contribution is 0.0985. The maximum atomic E-state index is 10.4. The Kier molecular flexibility index (Phi) is 9.12. The van der Waals surface area contributed by atoms with E-state index in [1.54, 1.807) is 18.2 Å². The topological polar surface area (TPSA) is 60.4 Å². The van der Waals surface area contributed by atoms with Crippen LogP contribution in [0, 0.1) is 0 Å². The van der Waals surface area contributed by atoms with Crippen LogP contribution in [0.5, 0.6) is 0 Å². The van der Waals surface area contributed by atoms with Crippen LogP contribution in [0.1, 0.15) is 49.6 Å². The lowest BCUT2D eigenvalue weighted by Crippen LogP contribution is -1.85. The van der Waals surface area contributed by atoms with Gasteiger partial charge in [-0.05, 0) is 25.1 Å². The summed E-state index contributed by atoms with van der Waals surface area (Å²) < 4.78 is 9.40. The molecule has 4 heteroatoms. The second-order valence-corrected chi connectivity index (χ2v) is 3.10. The van der Waals surface area contributed by atoms with Gasteiger partial charge in [-0.2, -0.15) is 0 Å². The number of rotatable bonds is 2. The van der Waals surface area contributed by atoms with Crippen molar-refractivity contribution >= 4 is 11.6 Å². The van der Waals surface area contributed by atoms with Crippen molar-refractivity contribution in [3.63, 3.8) is 0 Å². The molecule has 0 atom stereocenters. The standard InChI is InChI=1S/2C6H6O2.2CH4/c1-5(7)6-2-3-8-4-6;1-5(7)6-3-2-4-8-6;;/h2*2-4H,1H3;2*1H4. The van der Waals surface area contributed by atoms with E-state index >= 15 is 0 Å². The highest BCUT2D eigenvalue weighted by Gasteiger charge is 1.97. The second kappa shape index (κ2) is 8.98. The normalized spacial score (nSPS) is 8.11. The average molecular weight is 252 g/mol. The van der Waals surface area contributed by atoms with Gasteiger partial charge in [0.15, 0.2) is 17.3 Å². The zero-order valence-electron chi connectivity index (χ0n) is 9.10. The lowest BCUT2D eigenvalue weighted by atomic mass is 10.2. The van der Waals surface area contributed by atoms with Crippen LogP contribution in [0.3, 0.4) is 0 Å². The molecule has 4 nitrogen and oxygen atoms in total. The number of ketones is 2. The summed E-state index contributed by atoms with van der Waals surface area (Å²) in [6.07, 6.45) is 4.40. The predicted molar refractivity (Wildman–Crippen MR) is 70.9 cm³/mol. The minimum Gasteiger partial charge on any atom is -0.472 e. The summed E-state index contributed by atoms with van der Waals surface area (Å²) in [6, 6.07) is 4.97. The van der Waals surface area contributed by atoms with Gasteiger partial charge >= 0.3 is 0 Å². The van der Waals surface area contributed by atoms with Gasteiger partial charge in [0, 0.05) is 6.92 Å². The Bertz CT molecular complexity index is 394. The molecular weight excluding hydrogens is 232 g/mol. The first-order valence-electron chi connectivity index (χ1n) is 4.69. The lowest BCUT2D eigenvalue weighted by Gasteiger charge is -1.80. The van der Waals surface area contributed by atoms with Gasteiger partial charge in [0.25, 0.3) is 0 Å². The molecule has 0 aromatic carbocycles. The minimum absolute atomic E-state index is 0. The number of furan rings is 2. The van der Waals surface area contributed by atoms with Gasteiger partial charge in [-0.3, -0.25) is 9.59 Å². The highest BCUT2D eigenvalue weighted by atomic mass is 16.3. The third-order valence-electron chi connectivity index (χ3n) is 1.80. The molecule has 0 saturated heterocycles. The molecule has 0 unspecified atom stereocenters. The molecule has 100 valence electrons. The summed E-state index contributed by atoms with van der Waals surface area (Å²) >= 11 is 0. The van der Waals surface area contributed by atoms with Gasteiger partial charge in [-0.15, -0.1) is 0 Å². The van der Waals surface area contributed by atoms with Gasteiger partial charge in [-0.1, -0.05) is 14.9 Å². The Balaban J connectivity index is 0. The van der Waals surface area contributed by atoms with Crippen LogP contribution in [0.15, 0.2) is 45.8 Å². The number of hydrogen-bond donors (Lipinski definition) is 0. The Morgan fingerprint density at radius 1 is 1.00 bits per heavy atom. The fourth-order valence-corrected chi connectivity index (χ4v) is 0.944. The summed E-state index contributed by atoms with van der Waals surface area (Å²) in [7, 11) is 0. The van der Waals surface area contributed by atoms with Crippen LogP contribution >= 0.6 is 0 Å². The molecule has 2 heterocycles. The molecule has 0 saturated carbocycles. The largest absolute Gasteiger partial charge is 0.472 e. The van der Waals surface area contributed by atoms with Crippen LogP contribution < -0.4 is 0 Å². The van der Waals surface area contributed by atoms with Crippen LogP contribution in [0.25, 0.3) is 0 Å². The van der Waals surface area contributed by atoms with Crippen molar-refractivity contribution in [3.8, 4) is 0 Å². The maximum absolute atomic E-state index is 10.4. The highest BCUT2D eigenvalue weighted by molar-refractivity contribution is 5.93. The molecular formula is C14H20O4. The summed E-state index contributed by atoms with van der Waals surface area (Å²) in [5.74, 6) is 0.429. The Morgan fingerprint density at radius 2 is 1.67 bits per heavy atom. The molecule has 2 aromatic heterocycles. The van der Waals surface area contributed by atoms with E-state index in [1.807, 2.05) is 0 Å². The molecule has 2 rings (SSSR count). The zero-order chi connectivity index (χ0) is 12.0. The van der Waals surface area contributed by atoms with E-state index in [9.17, 15) is 9.59 Å². The van der Waals surface area contributed by atoms with E-state index in [-0.39, 0.29) is 26.4 Å². The molecule has 0 fully saturated rings. The van der Waals surface area contributed by atoms with Crippen LogP contribution in [-0.4, -0.2) is 11.6 Å². The zero-order valence-corrected chi connectivity index (χ0v) is 9.10. The van der Waals surface area contributed by atoms with Crippen LogP contribution in [-0.2, 0) is 0 Å². The van der Waals surface area contributed by atoms with Crippen LogP contribution in [0.4, 0.5) is 0 Å². The van der Waals surface area contributed by atoms with E-state index in [1.165, 1.54) is 32.6 Å². The number of carbonyl (C=O) groups excluding carboxylic acids is 2. The summed E-state index contributed by atoms with van der Waals surface area (Å²) in [6.45, 7) is 2.98. The van der Waals surface area contributed by atoms with Crippen molar-refractivity contribution in [2.24, 2.45) is 0 Å². The Morgan fingerprint density at radius 3 is 1.89 bits per heavy atom. The fraction of sp³-hybridized carbons (Fsp3) is 0.286. The molecule has 0 aliphatic carbocycles. The average Bonchev–Trinajstić information content (AvgIpc) is 2.93. The first kappa shape index (κ1) is 18.3. The molecule has 0 aliphatic rings. The number of carbonyl (C=O) groups is 2. The number of Topliss-reactive ketones (excluding diaryl/α,β-unsaturated/α-hetero) is 2. The van der Waals surface area contributed by atoms with Gasteiger partial charge < -0.3 is 8.83 Å². The molecule has 18 heavy (non-hydrogen) atoms. The maximum Gasteiger partial charge on any atom is 0.194 e. The second-order valence-electron chi connectivity index (χ2n) is 3.10. The van der Waals surface area contributed by atoms with Gasteiger partial charge in [0.05, 0.1) is 18.1 Å². The fourth-order valence-electron chi connectivity index (χ4n) is 0.944. The molecule has 0 aliphatic heterocycles. The van der Waals surface area contributed by atoms with E-state index in [0.29, 0.717) is 11.3 Å². The summed E-state index contributed by atoms with van der Waals surface area (Å²) in [5.41, 5.74) is 0.630. The van der Waals surface area contributed by atoms with Crippen molar-refractivity contribution in [3.05, 3.63) is 48.3 Å². The Labute approximate surface area is 108 Å². The van der Waals surface area contributed by atoms with Gasteiger partial charge in [0.1, 0.15) is 6.26 Å². The molecule has 0 bridgehead atoms. The highest BCUT2D eigenvalue weighted by Crippen LogP contribution is 1.99.